The molecule has 0 bridgehead atoms. The maximum absolute atomic E-state index is 2.44. The third-order valence-corrected chi connectivity index (χ3v) is 12.0. The van der Waals surface area contributed by atoms with E-state index in [0.29, 0.717) is 0 Å². The highest BCUT2D eigenvalue weighted by atomic mass is 32.1. The molecule has 10 aromatic rings. The molecule has 0 atom stereocenters. The fraction of sp³-hybridized carbons (Fsp3) is 0. The van der Waals surface area contributed by atoms with Crippen molar-refractivity contribution >= 4 is 74.1 Å². The van der Waals surface area contributed by atoms with Crippen LogP contribution in [0.3, 0.4) is 0 Å². The Morgan fingerprint density at radius 1 is 0.319 bits per heavy atom. The van der Waals surface area contributed by atoms with Crippen LogP contribution in [-0.4, -0.2) is 4.57 Å². The summed E-state index contributed by atoms with van der Waals surface area (Å²) in [5, 5.41) is 5.26. The van der Waals surface area contributed by atoms with Crippen molar-refractivity contribution in [2.24, 2.45) is 0 Å². The second kappa shape index (κ2) is 10.5. The van der Waals surface area contributed by atoms with Gasteiger partial charge in [0.25, 0.3) is 0 Å². The van der Waals surface area contributed by atoms with Crippen LogP contribution in [0.15, 0.2) is 164 Å². The maximum atomic E-state index is 2.44. The molecule has 0 saturated heterocycles. The van der Waals surface area contributed by atoms with Crippen molar-refractivity contribution in [2.75, 3.05) is 0 Å². The Bertz CT molecular complexity index is 2760. The highest BCUT2D eigenvalue weighted by Crippen LogP contribution is 2.47. The average molecular weight is 634 g/mol. The first-order valence-corrected chi connectivity index (χ1v) is 17.6. The fourth-order valence-corrected chi connectivity index (χ4v) is 10.0. The van der Waals surface area contributed by atoms with Crippen molar-refractivity contribution in [3.8, 4) is 39.1 Å². The summed E-state index contributed by atoms with van der Waals surface area (Å²) in [4.78, 5) is 0. The highest BCUT2D eigenvalue weighted by Gasteiger charge is 2.20. The van der Waals surface area contributed by atoms with E-state index in [9.17, 15) is 0 Å². The molecule has 7 aromatic carbocycles. The highest BCUT2D eigenvalue weighted by molar-refractivity contribution is 7.27. The van der Waals surface area contributed by atoms with Crippen LogP contribution in [0.25, 0.3) is 90.4 Å². The van der Waals surface area contributed by atoms with E-state index in [-0.39, 0.29) is 0 Å². The monoisotopic (exact) mass is 633 g/mol. The van der Waals surface area contributed by atoms with Crippen molar-refractivity contribution < 1.29 is 0 Å². The Kier molecular flexibility index (Phi) is 5.98. The summed E-state index contributed by atoms with van der Waals surface area (Å²) in [6.45, 7) is 0. The van der Waals surface area contributed by atoms with Crippen molar-refractivity contribution in [1.82, 2.24) is 4.57 Å². The van der Waals surface area contributed by atoms with Gasteiger partial charge in [-0.15, -0.1) is 22.7 Å². The van der Waals surface area contributed by atoms with Gasteiger partial charge in [-0.25, -0.2) is 0 Å². The van der Waals surface area contributed by atoms with Gasteiger partial charge in [-0.3, -0.25) is 0 Å². The number of benzene rings is 7. The van der Waals surface area contributed by atoms with Crippen LogP contribution in [-0.2, 0) is 0 Å². The minimum atomic E-state index is 1.19. The number of hydrogen-bond acceptors (Lipinski definition) is 2. The van der Waals surface area contributed by atoms with Crippen molar-refractivity contribution in [1.29, 1.82) is 0 Å². The summed E-state index contributed by atoms with van der Waals surface area (Å²) in [5.41, 5.74) is 11.4. The van der Waals surface area contributed by atoms with E-state index in [4.69, 9.17) is 0 Å². The van der Waals surface area contributed by atoms with Gasteiger partial charge in [0.05, 0.1) is 15.7 Å². The van der Waals surface area contributed by atoms with Crippen LogP contribution in [0.1, 0.15) is 0 Å². The first-order chi connectivity index (χ1) is 23.3. The van der Waals surface area contributed by atoms with Gasteiger partial charge in [-0.2, -0.15) is 0 Å². The van der Waals surface area contributed by atoms with E-state index in [0.717, 1.165) is 0 Å². The van der Waals surface area contributed by atoms with Crippen molar-refractivity contribution in [3.63, 3.8) is 0 Å². The molecule has 0 radical (unpaired) electrons. The average Bonchev–Trinajstić information content (AvgIpc) is 3.81. The molecule has 0 amide bonds. The van der Waals surface area contributed by atoms with Crippen molar-refractivity contribution in [3.05, 3.63) is 164 Å². The quantitative estimate of drug-likeness (QED) is 0.182. The van der Waals surface area contributed by atoms with Crippen LogP contribution in [0, 0.1) is 0 Å². The summed E-state index contributed by atoms with van der Waals surface area (Å²) in [5.74, 6) is 0. The molecular formula is C44H27NS2. The summed E-state index contributed by atoms with van der Waals surface area (Å²) >= 11 is 3.82. The SMILES string of the molecule is c1ccc(-c2cccc3c2sc2c(-c4ccc(-c5cccc6c5sc5c7ccccc7n(-c7ccccc7)c65)cc4)cccc23)cc1. The molecule has 0 N–H and O–H groups in total. The Balaban J connectivity index is 1.11. The van der Waals surface area contributed by atoms with Crippen LogP contribution < -0.4 is 0 Å². The fourth-order valence-electron chi connectivity index (χ4n) is 7.29. The molecule has 0 fully saturated rings. The molecule has 0 aliphatic rings. The Morgan fingerprint density at radius 3 is 1.38 bits per heavy atom. The van der Waals surface area contributed by atoms with Crippen LogP contribution >= 0.6 is 22.7 Å². The van der Waals surface area contributed by atoms with E-state index in [1.54, 1.807) is 0 Å². The maximum Gasteiger partial charge on any atom is 0.0727 e. The van der Waals surface area contributed by atoms with E-state index < -0.39 is 0 Å². The zero-order chi connectivity index (χ0) is 30.9. The molecule has 3 aromatic heterocycles. The van der Waals surface area contributed by atoms with Gasteiger partial charge in [0.1, 0.15) is 0 Å². The predicted molar refractivity (Wildman–Crippen MR) is 205 cm³/mol. The molecule has 1 nitrogen and oxygen atoms in total. The lowest BCUT2D eigenvalue weighted by molar-refractivity contribution is 1.19. The molecule has 3 heterocycles. The number of para-hydroxylation sites is 2. The van der Waals surface area contributed by atoms with E-state index in [1.165, 1.54) is 90.4 Å². The molecule has 0 unspecified atom stereocenters. The Labute approximate surface area is 280 Å². The van der Waals surface area contributed by atoms with Gasteiger partial charge in [-0.05, 0) is 51.6 Å². The minimum absolute atomic E-state index is 1.19. The molecule has 0 aliphatic heterocycles. The Hall–Kier alpha value is -5.48. The van der Waals surface area contributed by atoms with Crippen LogP contribution in [0.5, 0.6) is 0 Å². The number of hydrogen-bond donors (Lipinski definition) is 0. The topological polar surface area (TPSA) is 4.93 Å². The molecular weight excluding hydrogens is 607 g/mol. The summed E-state index contributed by atoms with van der Waals surface area (Å²) in [6.07, 6.45) is 0. The van der Waals surface area contributed by atoms with Gasteiger partial charge in [0, 0.05) is 41.3 Å². The molecule has 0 spiro atoms. The number of thiophene rings is 2. The zero-order valence-corrected chi connectivity index (χ0v) is 27.0. The smallest absolute Gasteiger partial charge is 0.0727 e. The standard InChI is InChI=1S/C44H27NS2/c1-3-12-28(13-4-1)32-17-9-20-35-36-21-10-18-33(42(36)46-41(32)35)29-24-26-30(27-25-29)34-19-11-22-38-40-44(47-43(34)38)37-16-7-8-23-39(37)45(40)31-14-5-2-6-15-31/h1-27H. The second-order valence-corrected chi connectivity index (χ2v) is 14.1. The number of nitrogens with zero attached hydrogens (tertiary/aromatic N) is 1. The third-order valence-electron chi connectivity index (χ3n) is 9.43. The molecule has 3 heteroatoms. The number of fused-ring (bicyclic) bond motifs is 8. The van der Waals surface area contributed by atoms with Gasteiger partial charge in [0.2, 0.25) is 0 Å². The summed E-state index contributed by atoms with van der Waals surface area (Å²) in [7, 11) is 0. The van der Waals surface area contributed by atoms with E-state index in [2.05, 4.69) is 168 Å². The lowest BCUT2D eigenvalue weighted by Crippen LogP contribution is -1.92. The molecule has 47 heavy (non-hydrogen) atoms. The zero-order valence-electron chi connectivity index (χ0n) is 25.4. The van der Waals surface area contributed by atoms with E-state index in [1.807, 2.05) is 22.7 Å². The van der Waals surface area contributed by atoms with Crippen LogP contribution in [0.4, 0.5) is 0 Å². The van der Waals surface area contributed by atoms with Gasteiger partial charge in [0.15, 0.2) is 0 Å². The first kappa shape index (κ1) is 26.7. The Morgan fingerprint density at radius 2 is 0.766 bits per heavy atom. The van der Waals surface area contributed by atoms with Crippen molar-refractivity contribution in [2.45, 2.75) is 0 Å². The van der Waals surface area contributed by atoms with Gasteiger partial charge in [-0.1, -0.05) is 146 Å². The molecule has 0 aliphatic carbocycles. The van der Waals surface area contributed by atoms with Gasteiger partial charge < -0.3 is 4.57 Å². The summed E-state index contributed by atoms with van der Waals surface area (Å²) in [6, 6.07) is 59.7. The molecule has 10 rings (SSSR count). The first-order valence-electron chi connectivity index (χ1n) is 15.9. The third kappa shape index (κ3) is 4.07. The molecule has 0 saturated carbocycles. The number of aromatic nitrogens is 1. The van der Waals surface area contributed by atoms with Gasteiger partial charge >= 0.3 is 0 Å². The minimum Gasteiger partial charge on any atom is -0.308 e. The van der Waals surface area contributed by atoms with E-state index >= 15 is 0 Å². The normalized spacial score (nSPS) is 11.8. The summed E-state index contributed by atoms with van der Waals surface area (Å²) < 4.78 is 7.80. The second-order valence-electron chi connectivity index (χ2n) is 12.1. The molecule has 220 valence electrons. The number of rotatable bonds is 4. The van der Waals surface area contributed by atoms with Crippen LogP contribution in [0.2, 0.25) is 0 Å². The lowest BCUT2D eigenvalue weighted by atomic mass is 9.98. The lowest BCUT2D eigenvalue weighted by Gasteiger charge is -2.09. The largest absolute Gasteiger partial charge is 0.308 e. The predicted octanol–water partition coefficient (Wildman–Crippen LogP) is 13.4.